The molecule has 0 spiro atoms. The third kappa shape index (κ3) is 2.73. The van der Waals surface area contributed by atoms with Crippen LogP contribution in [0.2, 0.25) is 0 Å². The zero-order valence-corrected chi connectivity index (χ0v) is 16.7. The molecule has 4 rings (SSSR count). The van der Waals surface area contributed by atoms with Crippen LogP contribution in [-0.2, 0) is 30.6 Å². The summed E-state index contributed by atoms with van der Waals surface area (Å²) in [5, 5.41) is 11.9. The van der Waals surface area contributed by atoms with E-state index in [9.17, 15) is 27.9 Å². The van der Waals surface area contributed by atoms with Gasteiger partial charge in [-0.2, -0.15) is 0 Å². The molecule has 2 amide bonds. The SMILES string of the molecule is CC1(C)C(C(=O)NC(Cc2c[nH]c3ccccc23)C(=O)O)N2C(=O)CC2S1(=O)=O. The molecule has 0 bridgehead atoms. The molecule has 0 saturated carbocycles. The number of fused-ring (bicyclic) bond motifs is 2. The number of nitrogens with one attached hydrogen (secondary N) is 2. The standard InChI is InChI=1S/C19H21N3O6S/c1-19(2)16(22-14(23)8-15(22)29(19,27)28)17(24)21-13(18(25)26)7-10-9-20-12-6-4-3-5-11(10)12/h3-6,9,13,15-16,20H,7-8H2,1-2H3,(H,21,24)(H,25,26). The van der Waals surface area contributed by atoms with E-state index in [4.69, 9.17) is 0 Å². The summed E-state index contributed by atoms with van der Waals surface area (Å²) in [7, 11) is -3.74. The highest BCUT2D eigenvalue weighted by atomic mass is 32.2. The topological polar surface area (TPSA) is 137 Å². The van der Waals surface area contributed by atoms with Gasteiger partial charge in [0.05, 0.1) is 11.2 Å². The summed E-state index contributed by atoms with van der Waals surface area (Å²) < 4.78 is 23.8. The summed E-state index contributed by atoms with van der Waals surface area (Å²) in [4.78, 5) is 40.9. The minimum Gasteiger partial charge on any atom is -0.480 e. The smallest absolute Gasteiger partial charge is 0.326 e. The van der Waals surface area contributed by atoms with Gasteiger partial charge in [-0.3, -0.25) is 9.59 Å². The van der Waals surface area contributed by atoms with Gasteiger partial charge in [0.25, 0.3) is 0 Å². The third-order valence-corrected chi connectivity index (χ3v) is 8.74. The van der Waals surface area contributed by atoms with Crippen molar-refractivity contribution in [2.75, 3.05) is 0 Å². The second-order valence-electron chi connectivity index (χ2n) is 7.97. The van der Waals surface area contributed by atoms with E-state index in [1.807, 2.05) is 24.3 Å². The predicted molar refractivity (Wildman–Crippen MR) is 104 cm³/mol. The number of carbonyl (C=O) groups excluding carboxylic acids is 2. The van der Waals surface area contributed by atoms with E-state index >= 15 is 0 Å². The summed E-state index contributed by atoms with van der Waals surface area (Å²) in [6.45, 7) is 2.79. The quantitative estimate of drug-likeness (QED) is 0.601. The number of para-hydroxylation sites is 1. The van der Waals surface area contributed by atoms with E-state index in [1.54, 1.807) is 6.20 Å². The van der Waals surface area contributed by atoms with Gasteiger partial charge in [-0.1, -0.05) is 18.2 Å². The lowest BCUT2D eigenvalue weighted by Crippen LogP contribution is -2.61. The Bertz CT molecular complexity index is 1140. The molecule has 9 nitrogen and oxygen atoms in total. The van der Waals surface area contributed by atoms with Crippen molar-refractivity contribution < 1.29 is 27.9 Å². The Morgan fingerprint density at radius 3 is 2.69 bits per heavy atom. The molecule has 3 N–H and O–H groups in total. The van der Waals surface area contributed by atoms with Gasteiger partial charge < -0.3 is 20.3 Å². The highest BCUT2D eigenvalue weighted by Gasteiger charge is 2.67. The number of H-pyrrole nitrogens is 1. The fourth-order valence-corrected chi connectivity index (χ4v) is 6.36. The first kappa shape index (κ1) is 19.4. The van der Waals surface area contributed by atoms with Gasteiger partial charge in [0.1, 0.15) is 17.5 Å². The molecule has 2 saturated heterocycles. The normalized spacial score (nSPS) is 25.3. The molecule has 1 aromatic heterocycles. The Morgan fingerprint density at radius 1 is 1.34 bits per heavy atom. The first-order chi connectivity index (χ1) is 13.6. The molecule has 0 radical (unpaired) electrons. The molecule has 2 aromatic rings. The number of β-lactam (4-membered cyclic amide) rings is 1. The lowest BCUT2D eigenvalue weighted by atomic mass is 9.96. The summed E-state index contributed by atoms with van der Waals surface area (Å²) in [6.07, 6.45) is 1.56. The molecular formula is C19H21N3O6S. The van der Waals surface area contributed by atoms with Gasteiger partial charge >= 0.3 is 5.97 Å². The van der Waals surface area contributed by atoms with Crippen LogP contribution in [0.25, 0.3) is 10.9 Å². The van der Waals surface area contributed by atoms with Crippen LogP contribution in [0.4, 0.5) is 0 Å². The maximum absolute atomic E-state index is 13.0. The molecule has 2 aliphatic heterocycles. The molecule has 154 valence electrons. The van der Waals surface area contributed by atoms with Crippen molar-refractivity contribution >= 4 is 38.5 Å². The molecule has 3 unspecified atom stereocenters. The number of hydrogen-bond donors (Lipinski definition) is 3. The number of aromatic amines is 1. The Balaban J connectivity index is 1.60. The van der Waals surface area contributed by atoms with E-state index in [0.717, 1.165) is 15.8 Å². The highest BCUT2D eigenvalue weighted by molar-refractivity contribution is 7.93. The Hall–Kier alpha value is -2.88. The number of carboxylic acid groups (broad SMARTS) is 1. The predicted octanol–water partition coefficient (Wildman–Crippen LogP) is 0.414. The molecule has 1 aromatic carbocycles. The van der Waals surface area contributed by atoms with Crippen LogP contribution < -0.4 is 5.32 Å². The van der Waals surface area contributed by atoms with Crippen molar-refractivity contribution in [2.24, 2.45) is 0 Å². The van der Waals surface area contributed by atoms with E-state index in [-0.39, 0.29) is 12.8 Å². The number of hydrogen-bond acceptors (Lipinski definition) is 5. The fraction of sp³-hybridized carbons (Fsp3) is 0.421. The number of carboxylic acids is 1. The zero-order valence-electron chi connectivity index (χ0n) is 15.9. The van der Waals surface area contributed by atoms with Crippen LogP contribution in [0.3, 0.4) is 0 Å². The first-order valence-corrected chi connectivity index (χ1v) is 10.7. The largest absolute Gasteiger partial charge is 0.480 e. The molecule has 2 aliphatic rings. The zero-order chi connectivity index (χ0) is 21.1. The minimum absolute atomic E-state index is 0.0162. The second-order valence-corrected chi connectivity index (χ2v) is 10.7. The molecule has 29 heavy (non-hydrogen) atoms. The van der Waals surface area contributed by atoms with Crippen LogP contribution in [0.15, 0.2) is 30.5 Å². The molecule has 10 heteroatoms. The van der Waals surface area contributed by atoms with Gasteiger partial charge in [-0.05, 0) is 25.5 Å². The molecule has 2 fully saturated rings. The molecule has 0 aliphatic carbocycles. The average Bonchev–Trinajstić information content (AvgIpc) is 3.10. The first-order valence-electron chi connectivity index (χ1n) is 9.18. The summed E-state index contributed by atoms with van der Waals surface area (Å²) in [5.74, 6) is -2.44. The van der Waals surface area contributed by atoms with E-state index in [1.165, 1.54) is 13.8 Å². The Labute approximate surface area is 167 Å². The minimum atomic E-state index is -3.74. The molecule has 3 atom stereocenters. The van der Waals surface area contributed by atoms with E-state index in [0.29, 0.717) is 5.56 Å². The fourth-order valence-electron chi connectivity index (χ4n) is 4.23. The Kier molecular flexibility index (Phi) is 4.23. The van der Waals surface area contributed by atoms with Crippen molar-refractivity contribution in [3.63, 3.8) is 0 Å². The maximum Gasteiger partial charge on any atom is 0.326 e. The number of carbonyl (C=O) groups is 3. The maximum atomic E-state index is 13.0. The number of sulfone groups is 1. The van der Waals surface area contributed by atoms with Crippen molar-refractivity contribution in [1.82, 2.24) is 15.2 Å². The molecule has 3 heterocycles. The summed E-state index contributed by atoms with van der Waals surface area (Å²) in [6, 6.07) is 4.85. The number of benzene rings is 1. The van der Waals surface area contributed by atoms with Crippen molar-refractivity contribution in [1.29, 1.82) is 0 Å². The van der Waals surface area contributed by atoms with Crippen molar-refractivity contribution in [3.05, 3.63) is 36.0 Å². The van der Waals surface area contributed by atoms with Crippen LogP contribution in [0.1, 0.15) is 25.8 Å². The number of nitrogens with zero attached hydrogens (tertiary/aromatic N) is 1. The van der Waals surface area contributed by atoms with Crippen molar-refractivity contribution in [3.8, 4) is 0 Å². The van der Waals surface area contributed by atoms with Gasteiger partial charge in [0.15, 0.2) is 9.84 Å². The van der Waals surface area contributed by atoms with Crippen LogP contribution >= 0.6 is 0 Å². The summed E-state index contributed by atoms with van der Waals surface area (Å²) in [5.41, 5.74) is 1.56. The van der Waals surface area contributed by atoms with Gasteiger partial charge in [-0.25, -0.2) is 13.2 Å². The Morgan fingerprint density at radius 2 is 2.03 bits per heavy atom. The van der Waals surface area contributed by atoms with Crippen LogP contribution in [0, 0.1) is 0 Å². The van der Waals surface area contributed by atoms with Crippen LogP contribution in [0.5, 0.6) is 0 Å². The second kappa shape index (κ2) is 6.31. The van der Waals surface area contributed by atoms with Gasteiger partial charge in [-0.15, -0.1) is 0 Å². The number of rotatable bonds is 5. The monoisotopic (exact) mass is 419 g/mol. The highest BCUT2D eigenvalue weighted by Crippen LogP contribution is 2.45. The van der Waals surface area contributed by atoms with Crippen molar-refractivity contribution in [2.45, 2.75) is 48.9 Å². The molecular weight excluding hydrogens is 398 g/mol. The average molecular weight is 419 g/mol. The number of amides is 2. The van der Waals surface area contributed by atoms with E-state index < -0.39 is 49.8 Å². The van der Waals surface area contributed by atoms with Crippen LogP contribution in [-0.4, -0.2) is 63.4 Å². The van der Waals surface area contributed by atoms with Gasteiger partial charge in [0, 0.05) is 23.5 Å². The van der Waals surface area contributed by atoms with Gasteiger partial charge in [0.2, 0.25) is 11.8 Å². The number of aromatic nitrogens is 1. The summed E-state index contributed by atoms with van der Waals surface area (Å²) >= 11 is 0. The lowest BCUT2D eigenvalue weighted by Gasteiger charge is -2.37. The third-order valence-electron chi connectivity index (χ3n) is 5.94. The van der Waals surface area contributed by atoms with E-state index in [2.05, 4.69) is 10.3 Å². The number of aliphatic carboxylic acids is 1. The lowest BCUT2D eigenvalue weighted by molar-refractivity contribution is -0.151.